The van der Waals surface area contributed by atoms with E-state index in [1.54, 1.807) is 0 Å². The second-order valence-corrected chi connectivity index (χ2v) is 4.28. The number of hydrogen-bond acceptors (Lipinski definition) is 4. The first-order valence-corrected chi connectivity index (χ1v) is 6.04. The van der Waals surface area contributed by atoms with Crippen molar-refractivity contribution in [2.75, 3.05) is 27.3 Å². The maximum atomic E-state index is 11.1. The lowest BCUT2D eigenvalue weighted by Crippen LogP contribution is -2.26. The summed E-state index contributed by atoms with van der Waals surface area (Å²) < 4.78 is 10.1. The highest BCUT2D eigenvalue weighted by Gasteiger charge is 2.08. The van der Waals surface area contributed by atoms with Gasteiger partial charge in [-0.2, -0.15) is 0 Å². The molecule has 0 unspecified atom stereocenters. The van der Waals surface area contributed by atoms with Crippen LogP contribution < -0.4 is 4.74 Å². The van der Waals surface area contributed by atoms with E-state index >= 15 is 0 Å². The first-order chi connectivity index (χ1) is 8.56. The molecule has 100 valence electrons. The Bertz CT molecular complexity index is 404. The van der Waals surface area contributed by atoms with Gasteiger partial charge in [0.15, 0.2) is 0 Å². The van der Waals surface area contributed by atoms with Crippen LogP contribution in [0.4, 0.5) is 0 Å². The average molecular weight is 251 g/mol. The van der Waals surface area contributed by atoms with E-state index < -0.39 is 0 Å². The molecule has 0 spiro atoms. The predicted octanol–water partition coefficient (Wildman–Crippen LogP) is 2.00. The molecule has 18 heavy (non-hydrogen) atoms. The predicted molar refractivity (Wildman–Crippen MR) is 70.7 cm³/mol. The number of esters is 1. The van der Waals surface area contributed by atoms with Crippen molar-refractivity contribution in [1.82, 2.24) is 4.90 Å². The van der Waals surface area contributed by atoms with E-state index in [1.807, 2.05) is 37.9 Å². The second kappa shape index (κ2) is 7.01. The molecule has 1 aromatic carbocycles. The van der Waals surface area contributed by atoms with Crippen molar-refractivity contribution in [3.8, 4) is 5.75 Å². The van der Waals surface area contributed by atoms with Crippen molar-refractivity contribution in [2.45, 2.75) is 20.4 Å². The Kier molecular flexibility index (Phi) is 5.65. The molecule has 0 bridgehead atoms. The third-order valence-electron chi connectivity index (χ3n) is 2.62. The molecule has 0 aromatic heterocycles. The Morgan fingerprint density at radius 1 is 1.39 bits per heavy atom. The fraction of sp³-hybridized carbons (Fsp3) is 0.500. The van der Waals surface area contributed by atoms with Gasteiger partial charge in [-0.3, -0.25) is 9.69 Å². The van der Waals surface area contributed by atoms with Crippen LogP contribution >= 0.6 is 0 Å². The van der Waals surface area contributed by atoms with E-state index in [0.29, 0.717) is 19.7 Å². The number of benzene rings is 1. The minimum absolute atomic E-state index is 0.222. The molecule has 0 N–H and O–H groups in total. The Morgan fingerprint density at radius 3 is 2.67 bits per heavy atom. The number of likely N-dealkylation sites (N-methyl/N-ethyl adjacent to an activating group) is 1. The van der Waals surface area contributed by atoms with Gasteiger partial charge in [-0.15, -0.1) is 0 Å². The molecule has 0 radical (unpaired) electrons. The van der Waals surface area contributed by atoms with Crippen LogP contribution in [0.5, 0.6) is 5.75 Å². The number of ether oxygens (including phenoxy) is 2. The number of aryl methyl sites for hydroxylation is 1. The fourth-order valence-electron chi connectivity index (χ4n) is 1.78. The summed E-state index contributed by atoms with van der Waals surface area (Å²) in [5, 5.41) is 0. The maximum Gasteiger partial charge on any atom is 0.319 e. The summed E-state index contributed by atoms with van der Waals surface area (Å²) in [6.45, 7) is 5.67. The molecule has 1 aromatic rings. The zero-order valence-electron chi connectivity index (χ0n) is 11.5. The van der Waals surface area contributed by atoms with Crippen molar-refractivity contribution < 1.29 is 14.3 Å². The van der Waals surface area contributed by atoms with E-state index in [0.717, 1.165) is 16.9 Å². The third kappa shape index (κ3) is 4.37. The first-order valence-electron chi connectivity index (χ1n) is 6.04. The number of methoxy groups -OCH3 is 1. The number of carbonyl (C=O) groups is 1. The van der Waals surface area contributed by atoms with Crippen molar-refractivity contribution in [3.63, 3.8) is 0 Å². The van der Waals surface area contributed by atoms with E-state index in [4.69, 9.17) is 4.74 Å². The standard InChI is InChI=1S/C14H21NO3/c1-5-18-13-7-6-12(8-11(13)2)9-15(3)10-14(16)17-4/h6-8H,5,9-10H2,1-4H3. The van der Waals surface area contributed by atoms with Gasteiger partial charge >= 0.3 is 5.97 Å². The molecule has 4 heteroatoms. The van der Waals surface area contributed by atoms with Crippen LogP contribution in [0.15, 0.2) is 18.2 Å². The fourth-order valence-corrected chi connectivity index (χ4v) is 1.78. The second-order valence-electron chi connectivity index (χ2n) is 4.28. The summed E-state index contributed by atoms with van der Waals surface area (Å²) in [6, 6.07) is 6.07. The summed E-state index contributed by atoms with van der Waals surface area (Å²) in [5.41, 5.74) is 2.27. The van der Waals surface area contributed by atoms with Crippen molar-refractivity contribution >= 4 is 5.97 Å². The van der Waals surface area contributed by atoms with E-state index in [2.05, 4.69) is 10.8 Å². The Hall–Kier alpha value is -1.55. The molecule has 0 aliphatic carbocycles. The van der Waals surface area contributed by atoms with Gasteiger partial charge in [0.05, 0.1) is 20.3 Å². The minimum atomic E-state index is -0.222. The van der Waals surface area contributed by atoms with Gasteiger partial charge < -0.3 is 9.47 Å². The largest absolute Gasteiger partial charge is 0.494 e. The van der Waals surface area contributed by atoms with Crippen LogP contribution in [0.3, 0.4) is 0 Å². The zero-order chi connectivity index (χ0) is 13.5. The van der Waals surface area contributed by atoms with Crippen LogP contribution in [0.1, 0.15) is 18.1 Å². The topological polar surface area (TPSA) is 38.8 Å². The Morgan fingerprint density at radius 2 is 2.11 bits per heavy atom. The van der Waals surface area contributed by atoms with Crippen molar-refractivity contribution in [1.29, 1.82) is 0 Å². The molecular weight excluding hydrogens is 230 g/mol. The van der Waals surface area contributed by atoms with Crippen LogP contribution in [0, 0.1) is 6.92 Å². The lowest BCUT2D eigenvalue weighted by Gasteiger charge is -2.16. The van der Waals surface area contributed by atoms with Crippen LogP contribution in [-0.4, -0.2) is 38.2 Å². The Labute approximate surface area is 108 Å². The molecule has 0 heterocycles. The Balaban J connectivity index is 2.62. The number of rotatable bonds is 6. The molecular formula is C14H21NO3. The minimum Gasteiger partial charge on any atom is -0.494 e. The van der Waals surface area contributed by atoms with Gasteiger partial charge in [-0.05, 0) is 38.1 Å². The van der Waals surface area contributed by atoms with Gasteiger partial charge in [-0.1, -0.05) is 12.1 Å². The summed E-state index contributed by atoms with van der Waals surface area (Å²) >= 11 is 0. The highest BCUT2D eigenvalue weighted by atomic mass is 16.5. The number of hydrogen-bond donors (Lipinski definition) is 0. The zero-order valence-corrected chi connectivity index (χ0v) is 11.5. The lowest BCUT2D eigenvalue weighted by molar-refractivity contribution is -0.141. The molecule has 0 saturated carbocycles. The van der Waals surface area contributed by atoms with Gasteiger partial charge in [0.25, 0.3) is 0 Å². The highest BCUT2D eigenvalue weighted by molar-refractivity contribution is 5.71. The maximum absolute atomic E-state index is 11.1. The lowest BCUT2D eigenvalue weighted by atomic mass is 10.1. The van der Waals surface area contributed by atoms with Crippen LogP contribution in [-0.2, 0) is 16.1 Å². The first kappa shape index (κ1) is 14.5. The van der Waals surface area contributed by atoms with Gasteiger partial charge in [0, 0.05) is 6.54 Å². The van der Waals surface area contributed by atoms with Crippen LogP contribution in [0.25, 0.3) is 0 Å². The molecule has 0 aliphatic heterocycles. The van der Waals surface area contributed by atoms with Crippen LogP contribution in [0.2, 0.25) is 0 Å². The molecule has 0 fully saturated rings. The van der Waals surface area contributed by atoms with Crippen molar-refractivity contribution in [3.05, 3.63) is 29.3 Å². The molecule has 0 atom stereocenters. The van der Waals surface area contributed by atoms with Crippen molar-refractivity contribution in [2.24, 2.45) is 0 Å². The van der Waals surface area contributed by atoms with Gasteiger partial charge in [-0.25, -0.2) is 0 Å². The third-order valence-corrected chi connectivity index (χ3v) is 2.62. The highest BCUT2D eigenvalue weighted by Crippen LogP contribution is 2.19. The summed E-state index contributed by atoms with van der Waals surface area (Å²) in [6.07, 6.45) is 0. The van der Waals surface area contributed by atoms with Gasteiger partial charge in [0.1, 0.15) is 5.75 Å². The normalized spacial score (nSPS) is 10.5. The number of nitrogens with zero attached hydrogens (tertiary/aromatic N) is 1. The summed E-state index contributed by atoms with van der Waals surface area (Å²) in [7, 11) is 3.29. The molecule has 1 rings (SSSR count). The van der Waals surface area contributed by atoms with E-state index in [-0.39, 0.29) is 5.97 Å². The van der Waals surface area contributed by atoms with E-state index in [1.165, 1.54) is 7.11 Å². The molecule has 4 nitrogen and oxygen atoms in total. The average Bonchev–Trinajstić information content (AvgIpc) is 2.32. The van der Waals surface area contributed by atoms with Gasteiger partial charge in [0.2, 0.25) is 0 Å². The SMILES string of the molecule is CCOc1ccc(CN(C)CC(=O)OC)cc1C. The van der Waals surface area contributed by atoms with E-state index in [9.17, 15) is 4.79 Å². The monoisotopic (exact) mass is 251 g/mol. The summed E-state index contributed by atoms with van der Waals surface area (Å²) in [5.74, 6) is 0.692. The smallest absolute Gasteiger partial charge is 0.319 e. The summed E-state index contributed by atoms with van der Waals surface area (Å²) in [4.78, 5) is 13.1. The quantitative estimate of drug-likeness (QED) is 0.725. The molecule has 0 aliphatic rings. The molecule has 0 saturated heterocycles. The number of carbonyl (C=O) groups excluding carboxylic acids is 1. The molecule has 0 amide bonds.